The Morgan fingerprint density at radius 2 is 2.08 bits per heavy atom. The molecule has 0 aromatic heterocycles. The predicted octanol–water partition coefficient (Wildman–Crippen LogP) is 0.148. The van der Waals surface area contributed by atoms with Crippen LogP contribution in [-0.4, -0.2) is 39.8 Å². The van der Waals surface area contributed by atoms with E-state index >= 15 is 0 Å². The number of hydrogen-bond acceptors (Lipinski definition) is 4. The molecule has 5 heteroatoms. The molecule has 78 valence electrons. The molecular formula is C8H17NO3S. The average molecular weight is 207 g/mol. The second-order valence-electron chi connectivity index (χ2n) is 3.14. The van der Waals surface area contributed by atoms with Gasteiger partial charge in [0.25, 0.3) is 0 Å². The molecule has 4 nitrogen and oxygen atoms in total. The van der Waals surface area contributed by atoms with Crippen molar-refractivity contribution in [3.63, 3.8) is 0 Å². The van der Waals surface area contributed by atoms with Gasteiger partial charge in [-0.25, -0.2) is 0 Å². The van der Waals surface area contributed by atoms with Gasteiger partial charge in [-0.3, -0.25) is 4.79 Å². The fraction of sp³-hybridized carbons (Fsp3) is 0.875. The highest BCUT2D eigenvalue weighted by molar-refractivity contribution is 7.99. The van der Waals surface area contributed by atoms with Gasteiger partial charge in [0.2, 0.25) is 0 Å². The molecule has 0 aliphatic carbocycles. The molecule has 0 aromatic rings. The Morgan fingerprint density at radius 3 is 2.46 bits per heavy atom. The summed E-state index contributed by atoms with van der Waals surface area (Å²) in [5.74, 6) is -0.414. The van der Waals surface area contributed by atoms with Gasteiger partial charge in [0.1, 0.15) is 6.04 Å². The minimum absolute atomic E-state index is 0.122. The van der Waals surface area contributed by atoms with Crippen molar-refractivity contribution < 1.29 is 15.0 Å². The third kappa shape index (κ3) is 5.13. The maximum absolute atomic E-state index is 10.4. The van der Waals surface area contributed by atoms with E-state index in [-0.39, 0.29) is 17.8 Å². The van der Waals surface area contributed by atoms with Gasteiger partial charge in [0.15, 0.2) is 0 Å². The average Bonchev–Trinajstić information content (AvgIpc) is 2.11. The molecule has 0 heterocycles. The van der Waals surface area contributed by atoms with E-state index in [2.05, 4.69) is 0 Å². The SMILES string of the molecule is CC(CO)C(C)SCC(N)C(=O)O. The lowest BCUT2D eigenvalue weighted by Crippen LogP contribution is -2.33. The van der Waals surface area contributed by atoms with Crippen molar-refractivity contribution in [1.82, 2.24) is 0 Å². The van der Waals surface area contributed by atoms with Crippen LogP contribution in [0.1, 0.15) is 13.8 Å². The zero-order valence-corrected chi connectivity index (χ0v) is 8.75. The molecule has 0 aliphatic heterocycles. The van der Waals surface area contributed by atoms with Crippen molar-refractivity contribution in [2.75, 3.05) is 12.4 Å². The topological polar surface area (TPSA) is 83.5 Å². The molecule has 0 saturated carbocycles. The first-order valence-corrected chi connectivity index (χ1v) is 5.24. The first kappa shape index (κ1) is 12.7. The quantitative estimate of drug-likeness (QED) is 0.577. The highest BCUT2D eigenvalue weighted by Crippen LogP contribution is 2.19. The summed E-state index contributed by atoms with van der Waals surface area (Å²) in [4.78, 5) is 10.4. The van der Waals surface area contributed by atoms with Crippen LogP contribution in [0.2, 0.25) is 0 Å². The summed E-state index contributed by atoms with van der Waals surface area (Å²) >= 11 is 1.48. The van der Waals surface area contributed by atoms with E-state index in [1.54, 1.807) is 0 Å². The number of aliphatic hydroxyl groups excluding tert-OH is 1. The Morgan fingerprint density at radius 1 is 1.54 bits per heavy atom. The van der Waals surface area contributed by atoms with E-state index in [1.165, 1.54) is 11.8 Å². The third-order valence-corrected chi connectivity index (χ3v) is 3.49. The van der Waals surface area contributed by atoms with Crippen LogP contribution in [0.25, 0.3) is 0 Å². The van der Waals surface area contributed by atoms with Crippen molar-refractivity contribution in [2.24, 2.45) is 11.7 Å². The number of aliphatic carboxylic acids is 1. The van der Waals surface area contributed by atoms with Crippen molar-refractivity contribution >= 4 is 17.7 Å². The number of rotatable bonds is 6. The normalized spacial score (nSPS) is 17.8. The van der Waals surface area contributed by atoms with Crippen LogP contribution in [0.4, 0.5) is 0 Å². The first-order valence-electron chi connectivity index (χ1n) is 4.19. The first-order chi connectivity index (χ1) is 5.99. The van der Waals surface area contributed by atoms with Crippen LogP contribution >= 0.6 is 11.8 Å². The minimum atomic E-state index is -0.976. The lowest BCUT2D eigenvalue weighted by Gasteiger charge is -2.17. The third-order valence-electron chi connectivity index (χ3n) is 1.95. The van der Waals surface area contributed by atoms with Crippen LogP contribution < -0.4 is 5.73 Å². The molecule has 0 fully saturated rings. The fourth-order valence-electron chi connectivity index (χ4n) is 0.639. The molecule has 0 bridgehead atoms. The van der Waals surface area contributed by atoms with Gasteiger partial charge < -0.3 is 15.9 Å². The molecule has 13 heavy (non-hydrogen) atoms. The second kappa shape index (κ2) is 6.23. The minimum Gasteiger partial charge on any atom is -0.480 e. The van der Waals surface area contributed by atoms with Gasteiger partial charge in [-0.2, -0.15) is 11.8 Å². The van der Waals surface area contributed by atoms with Crippen LogP contribution in [0.5, 0.6) is 0 Å². The Kier molecular flexibility index (Phi) is 6.11. The summed E-state index contributed by atoms with van der Waals surface area (Å²) in [6.45, 7) is 4.00. The van der Waals surface area contributed by atoms with Crippen molar-refractivity contribution in [2.45, 2.75) is 25.1 Å². The lowest BCUT2D eigenvalue weighted by molar-refractivity contribution is -0.137. The number of hydrogen-bond donors (Lipinski definition) is 3. The monoisotopic (exact) mass is 207 g/mol. The van der Waals surface area contributed by atoms with Crippen molar-refractivity contribution in [1.29, 1.82) is 0 Å². The molecule has 0 aromatic carbocycles. The number of aliphatic hydroxyl groups is 1. The summed E-state index contributed by atoms with van der Waals surface area (Å²) in [6, 6.07) is -0.807. The zero-order chi connectivity index (χ0) is 10.4. The smallest absolute Gasteiger partial charge is 0.321 e. The molecule has 3 unspecified atom stereocenters. The maximum atomic E-state index is 10.4. The van der Waals surface area contributed by atoms with E-state index in [0.29, 0.717) is 5.75 Å². The van der Waals surface area contributed by atoms with Gasteiger partial charge in [0, 0.05) is 17.6 Å². The van der Waals surface area contributed by atoms with Crippen LogP contribution in [-0.2, 0) is 4.79 Å². The molecule has 0 radical (unpaired) electrons. The predicted molar refractivity (Wildman–Crippen MR) is 53.8 cm³/mol. The standard InChI is InChI=1S/C8H17NO3S/c1-5(3-10)6(2)13-4-7(9)8(11)12/h5-7,10H,3-4,9H2,1-2H3,(H,11,12). The maximum Gasteiger partial charge on any atom is 0.321 e. The number of thioether (sulfide) groups is 1. The summed E-state index contributed by atoms with van der Waals surface area (Å²) in [5.41, 5.74) is 5.32. The van der Waals surface area contributed by atoms with Gasteiger partial charge >= 0.3 is 5.97 Å². The summed E-state index contributed by atoms with van der Waals surface area (Å²) in [7, 11) is 0. The van der Waals surface area contributed by atoms with E-state index < -0.39 is 12.0 Å². The fourth-order valence-corrected chi connectivity index (χ4v) is 1.71. The van der Waals surface area contributed by atoms with Crippen LogP contribution in [0.15, 0.2) is 0 Å². The molecule has 0 amide bonds. The number of carboxylic acid groups (broad SMARTS) is 1. The van der Waals surface area contributed by atoms with Gasteiger partial charge in [-0.1, -0.05) is 13.8 Å². The highest BCUT2D eigenvalue weighted by Gasteiger charge is 2.16. The van der Waals surface area contributed by atoms with Gasteiger partial charge in [-0.05, 0) is 5.92 Å². The van der Waals surface area contributed by atoms with Crippen molar-refractivity contribution in [3.05, 3.63) is 0 Å². The molecule has 3 atom stereocenters. The van der Waals surface area contributed by atoms with Gasteiger partial charge in [0.05, 0.1) is 0 Å². The van der Waals surface area contributed by atoms with E-state index in [9.17, 15) is 4.79 Å². The second-order valence-corrected chi connectivity index (χ2v) is 4.55. The Labute approximate surface area is 82.5 Å². The largest absolute Gasteiger partial charge is 0.480 e. The number of carbonyl (C=O) groups is 1. The number of carboxylic acids is 1. The van der Waals surface area contributed by atoms with E-state index in [1.807, 2.05) is 13.8 Å². The Balaban J connectivity index is 3.69. The number of nitrogens with two attached hydrogens (primary N) is 1. The summed E-state index contributed by atoms with van der Waals surface area (Å²) in [6.07, 6.45) is 0. The lowest BCUT2D eigenvalue weighted by atomic mass is 10.1. The van der Waals surface area contributed by atoms with E-state index in [0.717, 1.165) is 0 Å². The summed E-state index contributed by atoms with van der Waals surface area (Å²) < 4.78 is 0. The summed E-state index contributed by atoms with van der Waals surface area (Å²) in [5, 5.41) is 17.6. The molecular weight excluding hydrogens is 190 g/mol. The van der Waals surface area contributed by atoms with Gasteiger partial charge in [-0.15, -0.1) is 0 Å². The van der Waals surface area contributed by atoms with Crippen LogP contribution in [0.3, 0.4) is 0 Å². The Bertz CT molecular complexity index is 165. The molecule has 4 N–H and O–H groups in total. The zero-order valence-electron chi connectivity index (χ0n) is 7.93. The molecule has 0 saturated heterocycles. The van der Waals surface area contributed by atoms with Crippen LogP contribution in [0, 0.1) is 5.92 Å². The molecule has 0 rings (SSSR count). The highest BCUT2D eigenvalue weighted by atomic mass is 32.2. The Hall–Kier alpha value is -0.260. The van der Waals surface area contributed by atoms with Crippen molar-refractivity contribution in [3.8, 4) is 0 Å². The molecule has 0 spiro atoms. The molecule has 0 aliphatic rings. The van der Waals surface area contributed by atoms with E-state index in [4.69, 9.17) is 15.9 Å².